The first-order valence-electron chi connectivity index (χ1n) is 5.96. The highest BCUT2D eigenvalue weighted by Crippen LogP contribution is 2.27. The van der Waals surface area contributed by atoms with E-state index in [-0.39, 0.29) is 0 Å². The summed E-state index contributed by atoms with van der Waals surface area (Å²) >= 11 is 0. The Morgan fingerprint density at radius 1 is 1.13 bits per heavy atom. The Morgan fingerprint density at radius 3 is 2.60 bits per heavy atom. The van der Waals surface area contributed by atoms with Crippen molar-refractivity contribution in [2.45, 2.75) is 32.1 Å². The van der Waals surface area contributed by atoms with Gasteiger partial charge in [-0.25, -0.2) is 0 Å². The van der Waals surface area contributed by atoms with Gasteiger partial charge in [0.1, 0.15) is 5.75 Å². The van der Waals surface area contributed by atoms with Crippen LogP contribution in [0.5, 0.6) is 5.75 Å². The van der Waals surface area contributed by atoms with E-state index in [0.717, 1.165) is 24.7 Å². The number of para-hydroxylation sites is 1. The quantitative estimate of drug-likeness (QED) is 0.660. The fourth-order valence-corrected chi connectivity index (χ4v) is 2.19. The van der Waals surface area contributed by atoms with Gasteiger partial charge in [0.25, 0.3) is 0 Å². The maximum atomic E-state index is 5.63. The van der Waals surface area contributed by atoms with E-state index < -0.39 is 0 Å². The molecule has 0 aromatic heterocycles. The molecule has 2 rings (SSSR count). The summed E-state index contributed by atoms with van der Waals surface area (Å²) in [6.45, 7) is 0.820. The smallest absolute Gasteiger partial charge is 0.119 e. The molecule has 0 amide bonds. The topological polar surface area (TPSA) is 9.23 Å². The van der Waals surface area contributed by atoms with Gasteiger partial charge >= 0.3 is 0 Å². The van der Waals surface area contributed by atoms with Gasteiger partial charge in [0.15, 0.2) is 0 Å². The zero-order valence-electron chi connectivity index (χ0n) is 9.19. The van der Waals surface area contributed by atoms with Crippen molar-refractivity contribution in [1.29, 1.82) is 0 Å². The summed E-state index contributed by atoms with van der Waals surface area (Å²) in [5.74, 6) is 1.85. The molecule has 0 unspecified atom stereocenters. The zero-order valence-corrected chi connectivity index (χ0v) is 9.19. The van der Waals surface area contributed by atoms with Crippen LogP contribution in [0.15, 0.2) is 30.3 Å². The molecule has 1 heteroatoms. The lowest BCUT2D eigenvalue weighted by Gasteiger charge is -2.09. The van der Waals surface area contributed by atoms with E-state index in [1.54, 1.807) is 0 Å². The average Bonchev–Trinajstić information content (AvgIpc) is 2.79. The second-order valence-corrected chi connectivity index (χ2v) is 4.23. The molecule has 0 atom stereocenters. The lowest BCUT2D eigenvalue weighted by atomic mass is 10.0. The fraction of sp³-hybridized carbons (Fsp3) is 0.500. The molecule has 0 bridgehead atoms. The summed E-state index contributed by atoms with van der Waals surface area (Å²) < 4.78 is 5.63. The van der Waals surface area contributed by atoms with Gasteiger partial charge in [-0.3, -0.25) is 0 Å². The van der Waals surface area contributed by atoms with Crippen molar-refractivity contribution in [3.8, 4) is 5.75 Å². The van der Waals surface area contributed by atoms with Crippen molar-refractivity contribution in [2.24, 2.45) is 5.92 Å². The third-order valence-electron chi connectivity index (χ3n) is 3.03. The third-order valence-corrected chi connectivity index (χ3v) is 3.03. The highest BCUT2D eigenvalue weighted by atomic mass is 16.5. The number of rotatable bonds is 5. The minimum absolute atomic E-state index is 0.820. The predicted molar refractivity (Wildman–Crippen MR) is 62.8 cm³/mol. The van der Waals surface area contributed by atoms with Crippen LogP contribution in [0.25, 0.3) is 0 Å². The Bertz CT molecular complexity index is 262. The van der Waals surface area contributed by atoms with Crippen LogP contribution < -0.4 is 4.74 Å². The first-order valence-corrected chi connectivity index (χ1v) is 5.96. The van der Waals surface area contributed by atoms with Crippen LogP contribution in [0.2, 0.25) is 0 Å². The minimum Gasteiger partial charge on any atom is -0.494 e. The van der Waals surface area contributed by atoms with Crippen LogP contribution in [0, 0.1) is 12.3 Å². The van der Waals surface area contributed by atoms with Crippen LogP contribution in [-0.4, -0.2) is 6.61 Å². The maximum Gasteiger partial charge on any atom is 0.119 e. The molecule has 0 heterocycles. The number of ether oxygens (including phenoxy) is 1. The molecule has 1 nitrogen and oxygen atoms in total. The van der Waals surface area contributed by atoms with Crippen LogP contribution in [-0.2, 0) is 0 Å². The van der Waals surface area contributed by atoms with Crippen molar-refractivity contribution in [1.82, 2.24) is 0 Å². The Morgan fingerprint density at radius 2 is 1.87 bits per heavy atom. The SMILES string of the molecule is [CH](CCOc1ccccc1)C1CCCC1. The van der Waals surface area contributed by atoms with E-state index in [1.807, 2.05) is 30.3 Å². The zero-order chi connectivity index (χ0) is 10.3. The van der Waals surface area contributed by atoms with Gasteiger partial charge in [-0.2, -0.15) is 0 Å². The molecule has 1 saturated carbocycles. The summed E-state index contributed by atoms with van der Waals surface area (Å²) in [4.78, 5) is 0. The summed E-state index contributed by atoms with van der Waals surface area (Å²) in [7, 11) is 0. The first-order chi connectivity index (χ1) is 7.45. The highest BCUT2D eigenvalue weighted by molar-refractivity contribution is 5.20. The molecule has 1 radical (unpaired) electrons. The lowest BCUT2D eigenvalue weighted by molar-refractivity contribution is 0.314. The van der Waals surface area contributed by atoms with Crippen LogP contribution in [0.4, 0.5) is 0 Å². The van der Waals surface area contributed by atoms with E-state index in [2.05, 4.69) is 6.42 Å². The molecule has 0 aliphatic heterocycles. The van der Waals surface area contributed by atoms with Gasteiger partial charge in [0, 0.05) is 0 Å². The van der Waals surface area contributed by atoms with Gasteiger partial charge in [0.05, 0.1) is 6.61 Å². The van der Waals surface area contributed by atoms with Crippen LogP contribution in [0.3, 0.4) is 0 Å². The van der Waals surface area contributed by atoms with Crippen LogP contribution >= 0.6 is 0 Å². The second-order valence-electron chi connectivity index (χ2n) is 4.23. The van der Waals surface area contributed by atoms with Crippen molar-refractivity contribution < 1.29 is 4.74 Å². The van der Waals surface area contributed by atoms with E-state index in [1.165, 1.54) is 25.7 Å². The average molecular weight is 203 g/mol. The number of hydrogen-bond acceptors (Lipinski definition) is 1. The van der Waals surface area contributed by atoms with Crippen LogP contribution in [0.1, 0.15) is 32.1 Å². The van der Waals surface area contributed by atoms with Gasteiger partial charge in [-0.15, -0.1) is 0 Å². The van der Waals surface area contributed by atoms with E-state index in [0.29, 0.717) is 0 Å². The molecule has 1 aromatic rings. The van der Waals surface area contributed by atoms with E-state index in [9.17, 15) is 0 Å². The van der Waals surface area contributed by atoms with Crippen molar-refractivity contribution in [2.75, 3.05) is 6.61 Å². The minimum atomic E-state index is 0.820. The first kappa shape index (κ1) is 10.5. The molecule has 1 aliphatic rings. The Hall–Kier alpha value is -0.980. The number of benzene rings is 1. The monoisotopic (exact) mass is 203 g/mol. The maximum absolute atomic E-state index is 5.63. The molecule has 0 N–H and O–H groups in total. The predicted octanol–water partition coefficient (Wildman–Crippen LogP) is 3.85. The summed E-state index contributed by atoms with van der Waals surface area (Å²) in [5, 5.41) is 0. The van der Waals surface area contributed by atoms with Gasteiger partial charge in [-0.1, -0.05) is 43.9 Å². The molecule has 1 aliphatic carbocycles. The van der Waals surface area contributed by atoms with Crippen molar-refractivity contribution in [3.63, 3.8) is 0 Å². The largest absolute Gasteiger partial charge is 0.494 e. The fourth-order valence-electron chi connectivity index (χ4n) is 2.19. The standard InChI is InChI=1S/C14H19O/c1-2-10-14(11-3-1)15-12-6-9-13-7-4-5-8-13/h1-3,9-11,13H,4-8,12H2. The third kappa shape index (κ3) is 3.58. The molecule has 15 heavy (non-hydrogen) atoms. The Kier molecular flexibility index (Phi) is 4.07. The summed E-state index contributed by atoms with van der Waals surface area (Å²) in [6.07, 6.45) is 9.15. The normalized spacial score (nSPS) is 16.8. The second kappa shape index (κ2) is 5.79. The number of hydrogen-bond donors (Lipinski definition) is 0. The Labute approximate surface area is 92.5 Å². The molecule has 1 aromatic carbocycles. The molecule has 0 spiro atoms. The van der Waals surface area contributed by atoms with Gasteiger partial charge in [0.2, 0.25) is 0 Å². The molecule has 1 fully saturated rings. The van der Waals surface area contributed by atoms with Crippen molar-refractivity contribution in [3.05, 3.63) is 36.8 Å². The van der Waals surface area contributed by atoms with E-state index >= 15 is 0 Å². The molecular weight excluding hydrogens is 184 g/mol. The molecule has 81 valence electrons. The lowest BCUT2D eigenvalue weighted by Crippen LogP contribution is -2.01. The summed E-state index contributed by atoms with van der Waals surface area (Å²) in [6, 6.07) is 10.1. The molecule has 0 saturated heterocycles. The van der Waals surface area contributed by atoms with Crippen molar-refractivity contribution >= 4 is 0 Å². The Balaban J connectivity index is 1.59. The van der Waals surface area contributed by atoms with Gasteiger partial charge < -0.3 is 4.74 Å². The van der Waals surface area contributed by atoms with E-state index in [4.69, 9.17) is 4.74 Å². The summed E-state index contributed by atoms with van der Waals surface area (Å²) in [5.41, 5.74) is 0. The van der Waals surface area contributed by atoms with Gasteiger partial charge in [-0.05, 0) is 30.9 Å². The molecular formula is C14H19O. The highest BCUT2D eigenvalue weighted by Gasteiger charge is 2.14.